The zero-order valence-corrected chi connectivity index (χ0v) is 9.64. The van der Waals surface area contributed by atoms with Crippen LogP contribution in [0.15, 0.2) is 29.5 Å². The number of nitrogens with one attached hydrogen (secondary N) is 2. The molecule has 0 aliphatic rings. The second kappa shape index (κ2) is 5.59. The van der Waals surface area contributed by atoms with E-state index in [4.69, 9.17) is 11.1 Å². The van der Waals surface area contributed by atoms with Crippen molar-refractivity contribution < 1.29 is 4.79 Å². The summed E-state index contributed by atoms with van der Waals surface area (Å²) >= 11 is 0. The predicted molar refractivity (Wildman–Crippen MR) is 64.7 cm³/mol. The van der Waals surface area contributed by atoms with Crippen LogP contribution in [-0.4, -0.2) is 41.8 Å². The molecule has 0 saturated heterocycles. The van der Waals surface area contributed by atoms with E-state index in [1.165, 1.54) is 11.1 Å². The number of aliphatic imine (C=N–C) groups is 1. The highest BCUT2D eigenvalue weighted by atomic mass is 16.1. The van der Waals surface area contributed by atoms with Crippen molar-refractivity contribution >= 4 is 17.8 Å². The maximum Gasteiger partial charge on any atom is 0.259 e. The van der Waals surface area contributed by atoms with Crippen LogP contribution in [0, 0.1) is 5.41 Å². The molecule has 0 aromatic carbocycles. The Balaban J connectivity index is 2.67. The Morgan fingerprint density at radius 1 is 1.59 bits per heavy atom. The lowest BCUT2D eigenvalue weighted by atomic mass is 10.3. The fourth-order valence-electron chi connectivity index (χ4n) is 0.928. The molecule has 4 N–H and O–H groups in total. The van der Waals surface area contributed by atoms with Gasteiger partial charge in [-0.25, -0.2) is 0 Å². The molecule has 0 spiro atoms. The van der Waals surface area contributed by atoms with E-state index in [1.54, 1.807) is 32.4 Å². The van der Waals surface area contributed by atoms with E-state index in [-0.39, 0.29) is 11.9 Å². The Labute approximate surface area is 98.9 Å². The van der Waals surface area contributed by atoms with Crippen LogP contribution in [0.5, 0.6) is 0 Å². The molecule has 0 atom stereocenters. The standard InChI is InChI=1S/C10H14N6O/c1-16(2)10(12)15-9(11)14-8(17)7-4-3-5-13-6-7/h3-6H,1-2H3,(H4,11,12,14,15,17). The summed E-state index contributed by atoms with van der Waals surface area (Å²) in [6.07, 6.45) is 2.98. The van der Waals surface area contributed by atoms with E-state index in [0.29, 0.717) is 5.56 Å². The summed E-state index contributed by atoms with van der Waals surface area (Å²) in [6, 6.07) is 3.25. The van der Waals surface area contributed by atoms with Crippen molar-refractivity contribution in [2.45, 2.75) is 0 Å². The summed E-state index contributed by atoms with van der Waals surface area (Å²) in [4.78, 5) is 20.6. The fourth-order valence-corrected chi connectivity index (χ4v) is 0.928. The molecular weight excluding hydrogens is 220 g/mol. The van der Waals surface area contributed by atoms with Gasteiger partial charge in [-0.15, -0.1) is 0 Å². The number of hydrogen-bond donors (Lipinski definition) is 3. The molecule has 1 rings (SSSR count). The third kappa shape index (κ3) is 3.90. The number of nitrogens with zero attached hydrogens (tertiary/aromatic N) is 3. The first-order valence-corrected chi connectivity index (χ1v) is 4.82. The van der Waals surface area contributed by atoms with Gasteiger partial charge in [0, 0.05) is 26.5 Å². The molecular formula is C10H14N6O. The second-order valence-corrected chi connectivity index (χ2v) is 3.41. The fraction of sp³-hybridized carbons (Fsp3) is 0.200. The van der Waals surface area contributed by atoms with E-state index < -0.39 is 5.91 Å². The number of aromatic nitrogens is 1. The minimum atomic E-state index is -0.411. The first-order valence-electron chi connectivity index (χ1n) is 4.82. The van der Waals surface area contributed by atoms with E-state index >= 15 is 0 Å². The molecule has 90 valence electrons. The third-order valence-corrected chi connectivity index (χ3v) is 1.82. The Hall–Kier alpha value is -2.44. The van der Waals surface area contributed by atoms with Crippen molar-refractivity contribution in [3.63, 3.8) is 0 Å². The smallest absolute Gasteiger partial charge is 0.259 e. The first-order chi connectivity index (χ1) is 8.00. The molecule has 7 heteroatoms. The largest absolute Gasteiger partial charge is 0.369 e. The van der Waals surface area contributed by atoms with Gasteiger partial charge in [-0.05, 0) is 12.1 Å². The molecule has 0 saturated carbocycles. The van der Waals surface area contributed by atoms with Crippen molar-refractivity contribution in [3.05, 3.63) is 30.1 Å². The molecule has 1 aromatic rings. The Morgan fingerprint density at radius 2 is 2.29 bits per heavy atom. The van der Waals surface area contributed by atoms with Gasteiger partial charge < -0.3 is 10.6 Å². The lowest BCUT2D eigenvalue weighted by molar-refractivity contribution is 0.0976. The van der Waals surface area contributed by atoms with Gasteiger partial charge in [-0.3, -0.25) is 20.5 Å². The van der Waals surface area contributed by atoms with Crippen molar-refractivity contribution in [1.29, 1.82) is 5.41 Å². The van der Waals surface area contributed by atoms with Crippen molar-refractivity contribution in [2.24, 2.45) is 10.7 Å². The van der Waals surface area contributed by atoms with Crippen molar-refractivity contribution in [3.8, 4) is 0 Å². The van der Waals surface area contributed by atoms with Gasteiger partial charge in [0.25, 0.3) is 5.91 Å². The number of carbonyl (C=O) groups excluding carboxylic acids is 1. The summed E-state index contributed by atoms with van der Waals surface area (Å²) in [6.45, 7) is 0. The van der Waals surface area contributed by atoms with Gasteiger partial charge >= 0.3 is 0 Å². The number of carbonyl (C=O) groups is 1. The van der Waals surface area contributed by atoms with Crippen molar-refractivity contribution in [2.75, 3.05) is 14.1 Å². The Morgan fingerprint density at radius 3 is 2.82 bits per heavy atom. The van der Waals surface area contributed by atoms with Crippen LogP contribution in [0.25, 0.3) is 0 Å². The van der Waals surface area contributed by atoms with Crippen LogP contribution in [0.4, 0.5) is 0 Å². The summed E-state index contributed by atoms with van der Waals surface area (Å²) in [5.41, 5.74) is 5.86. The molecule has 0 aliphatic carbocycles. The Kier molecular flexibility index (Phi) is 4.15. The van der Waals surface area contributed by atoms with Crippen LogP contribution < -0.4 is 11.1 Å². The average Bonchev–Trinajstić information content (AvgIpc) is 2.29. The highest BCUT2D eigenvalue weighted by Crippen LogP contribution is 1.94. The summed E-state index contributed by atoms with van der Waals surface area (Å²) < 4.78 is 0. The molecule has 1 aromatic heterocycles. The zero-order valence-electron chi connectivity index (χ0n) is 9.64. The third-order valence-electron chi connectivity index (χ3n) is 1.82. The molecule has 1 heterocycles. The lowest BCUT2D eigenvalue weighted by Gasteiger charge is -2.10. The van der Waals surface area contributed by atoms with Gasteiger partial charge in [0.15, 0.2) is 0 Å². The normalized spacial score (nSPS) is 10.8. The zero-order chi connectivity index (χ0) is 12.8. The molecule has 17 heavy (non-hydrogen) atoms. The van der Waals surface area contributed by atoms with Crippen LogP contribution in [0.3, 0.4) is 0 Å². The average molecular weight is 234 g/mol. The van der Waals surface area contributed by atoms with E-state index in [2.05, 4.69) is 15.3 Å². The van der Waals surface area contributed by atoms with Crippen LogP contribution in [0.2, 0.25) is 0 Å². The van der Waals surface area contributed by atoms with E-state index in [9.17, 15) is 4.79 Å². The number of amides is 1. The van der Waals surface area contributed by atoms with Gasteiger partial charge in [0.1, 0.15) is 0 Å². The molecule has 0 unspecified atom stereocenters. The summed E-state index contributed by atoms with van der Waals surface area (Å²) in [5, 5.41) is 9.78. The van der Waals surface area contributed by atoms with Crippen LogP contribution in [0.1, 0.15) is 10.4 Å². The molecule has 0 aliphatic heterocycles. The topological polar surface area (TPSA) is 107 Å². The van der Waals surface area contributed by atoms with Gasteiger partial charge in [0.2, 0.25) is 11.9 Å². The monoisotopic (exact) mass is 234 g/mol. The van der Waals surface area contributed by atoms with E-state index in [0.717, 1.165) is 0 Å². The highest BCUT2D eigenvalue weighted by Gasteiger charge is 2.07. The van der Waals surface area contributed by atoms with Crippen LogP contribution in [-0.2, 0) is 0 Å². The van der Waals surface area contributed by atoms with E-state index in [1.807, 2.05) is 0 Å². The van der Waals surface area contributed by atoms with Gasteiger partial charge in [0.05, 0.1) is 5.56 Å². The maximum atomic E-state index is 11.6. The molecule has 1 amide bonds. The quantitative estimate of drug-likeness (QED) is 0.455. The molecule has 0 bridgehead atoms. The van der Waals surface area contributed by atoms with Crippen molar-refractivity contribution in [1.82, 2.24) is 15.2 Å². The minimum Gasteiger partial charge on any atom is -0.369 e. The molecule has 7 nitrogen and oxygen atoms in total. The predicted octanol–water partition coefficient (Wildman–Crippen LogP) is -0.378. The number of guanidine groups is 2. The number of pyridine rings is 1. The summed E-state index contributed by atoms with van der Waals surface area (Å²) in [5.74, 6) is -0.586. The Bertz CT molecular complexity index is 439. The number of hydrogen-bond acceptors (Lipinski definition) is 3. The number of rotatable bonds is 1. The SMILES string of the molecule is CN(C)C(=N)/N=C(\N)NC(=O)c1cccnc1. The van der Waals surface area contributed by atoms with Gasteiger partial charge in [-0.2, -0.15) is 4.99 Å². The molecule has 0 radical (unpaired) electrons. The lowest BCUT2D eigenvalue weighted by Crippen LogP contribution is -2.38. The molecule has 0 fully saturated rings. The van der Waals surface area contributed by atoms with Crippen LogP contribution >= 0.6 is 0 Å². The van der Waals surface area contributed by atoms with Gasteiger partial charge in [-0.1, -0.05) is 0 Å². The second-order valence-electron chi connectivity index (χ2n) is 3.41. The highest BCUT2D eigenvalue weighted by molar-refractivity contribution is 6.07. The first kappa shape index (κ1) is 12.6. The summed E-state index contributed by atoms with van der Waals surface area (Å²) in [7, 11) is 3.31. The minimum absolute atomic E-state index is 0.0472. The number of nitrogens with two attached hydrogens (primary N) is 1. The maximum absolute atomic E-state index is 11.6.